The molecule has 1 N–H and O–H groups in total. The number of likely N-dealkylation sites (N-methyl/N-ethyl adjacent to an activating group) is 1. The van der Waals surface area contributed by atoms with Gasteiger partial charge in [-0.05, 0) is 29.7 Å². The van der Waals surface area contributed by atoms with Gasteiger partial charge in [-0.3, -0.25) is 0 Å². The maximum Gasteiger partial charge on any atom is 0.0215 e. The minimum absolute atomic E-state index is 0.160. The van der Waals surface area contributed by atoms with Crippen molar-refractivity contribution in [3.8, 4) is 0 Å². The Bertz CT molecular complexity index is 388. The number of benzene rings is 1. The summed E-state index contributed by atoms with van der Waals surface area (Å²) in [6, 6.07) is 6.76. The molecule has 0 saturated heterocycles. The third-order valence-corrected chi connectivity index (χ3v) is 3.83. The lowest BCUT2D eigenvalue weighted by atomic mass is 9.81. The topological polar surface area (TPSA) is 12.0 Å². The Morgan fingerprint density at radius 2 is 1.71 bits per heavy atom. The van der Waals surface area contributed by atoms with Crippen molar-refractivity contribution in [2.75, 3.05) is 13.6 Å². The molecular formula is C15H24BrN. The van der Waals surface area contributed by atoms with Crippen molar-refractivity contribution in [3.63, 3.8) is 0 Å². The highest BCUT2D eigenvalue weighted by Crippen LogP contribution is 2.33. The van der Waals surface area contributed by atoms with E-state index >= 15 is 0 Å². The first kappa shape index (κ1) is 14.7. The van der Waals surface area contributed by atoms with Crippen molar-refractivity contribution in [1.29, 1.82) is 0 Å². The Morgan fingerprint density at radius 3 is 2.12 bits per heavy atom. The highest BCUT2D eigenvalue weighted by molar-refractivity contribution is 9.10. The number of halogens is 1. The normalized spacial score (nSPS) is 12.9. The Morgan fingerprint density at radius 1 is 1.12 bits per heavy atom. The minimum Gasteiger partial charge on any atom is -0.319 e. The van der Waals surface area contributed by atoms with Gasteiger partial charge in [0.2, 0.25) is 0 Å². The summed E-state index contributed by atoms with van der Waals surface area (Å²) in [6.45, 7) is 12.2. The van der Waals surface area contributed by atoms with E-state index in [2.05, 4.69) is 74.1 Å². The van der Waals surface area contributed by atoms with Gasteiger partial charge in [0.05, 0.1) is 0 Å². The van der Waals surface area contributed by atoms with E-state index in [-0.39, 0.29) is 10.8 Å². The Kier molecular flexibility index (Phi) is 4.43. The molecular weight excluding hydrogens is 274 g/mol. The Labute approximate surface area is 114 Å². The number of nitrogens with one attached hydrogen (secondary N) is 1. The molecule has 0 saturated carbocycles. The van der Waals surface area contributed by atoms with E-state index in [0.717, 1.165) is 6.54 Å². The summed E-state index contributed by atoms with van der Waals surface area (Å²) in [4.78, 5) is 0. The van der Waals surface area contributed by atoms with Crippen LogP contribution in [0.2, 0.25) is 0 Å². The van der Waals surface area contributed by atoms with Crippen LogP contribution in [0.1, 0.15) is 45.7 Å². The van der Waals surface area contributed by atoms with Gasteiger partial charge in [-0.15, -0.1) is 0 Å². The van der Waals surface area contributed by atoms with Crippen LogP contribution in [-0.2, 0) is 10.8 Å². The second kappa shape index (κ2) is 5.11. The molecule has 0 heterocycles. The maximum atomic E-state index is 3.71. The molecule has 1 rings (SSSR count). The first-order chi connectivity index (χ1) is 7.68. The molecule has 0 aliphatic heterocycles. The van der Waals surface area contributed by atoms with E-state index in [4.69, 9.17) is 0 Å². The van der Waals surface area contributed by atoms with Crippen molar-refractivity contribution in [2.45, 2.75) is 45.4 Å². The Balaban J connectivity index is 3.13. The molecule has 1 aromatic carbocycles. The first-order valence-electron chi connectivity index (χ1n) is 6.13. The summed E-state index contributed by atoms with van der Waals surface area (Å²) in [5.74, 6) is 0. The lowest BCUT2D eigenvalue weighted by Crippen LogP contribution is -2.30. The molecule has 0 bridgehead atoms. The third-order valence-electron chi connectivity index (χ3n) is 3.18. The molecule has 1 aromatic rings. The van der Waals surface area contributed by atoms with Crippen molar-refractivity contribution in [1.82, 2.24) is 5.32 Å². The van der Waals surface area contributed by atoms with Crippen molar-refractivity contribution in [2.24, 2.45) is 0 Å². The standard InChI is InChI=1S/C15H24BrN/c1-14(2,3)12-8-7-11(9-13(12)16)15(4,5)10-17-6/h7-9,17H,10H2,1-6H3. The fourth-order valence-electron chi connectivity index (χ4n) is 2.09. The number of hydrogen-bond donors (Lipinski definition) is 1. The Hall–Kier alpha value is -0.340. The van der Waals surface area contributed by atoms with Crippen LogP contribution in [0.15, 0.2) is 22.7 Å². The van der Waals surface area contributed by atoms with E-state index in [1.807, 2.05) is 7.05 Å². The predicted octanol–water partition coefficient (Wildman–Crippen LogP) is 4.24. The molecule has 0 aliphatic rings. The van der Waals surface area contributed by atoms with Crippen molar-refractivity contribution in [3.05, 3.63) is 33.8 Å². The van der Waals surface area contributed by atoms with E-state index < -0.39 is 0 Å². The second-order valence-corrected chi connectivity index (χ2v) is 7.21. The van der Waals surface area contributed by atoms with Gasteiger partial charge in [-0.1, -0.05) is 62.7 Å². The lowest BCUT2D eigenvalue weighted by Gasteiger charge is -2.27. The molecule has 0 amide bonds. The molecule has 0 aromatic heterocycles. The SMILES string of the molecule is CNCC(C)(C)c1ccc(C(C)(C)C)c(Br)c1. The summed E-state index contributed by atoms with van der Waals surface area (Å²) in [5.41, 5.74) is 3.08. The van der Waals surface area contributed by atoms with Gasteiger partial charge in [0.1, 0.15) is 0 Å². The lowest BCUT2D eigenvalue weighted by molar-refractivity contribution is 0.492. The number of hydrogen-bond acceptors (Lipinski definition) is 1. The van der Waals surface area contributed by atoms with Gasteiger partial charge in [-0.25, -0.2) is 0 Å². The smallest absolute Gasteiger partial charge is 0.0215 e. The largest absolute Gasteiger partial charge is 0.319 e. The zero-order valence-corrected chi connectivity index (χ0v) is 13.4. The van der Waals surface area contributed by atoms with Gasteiger partial charge in [0.25, 0.3) is 0 Å². The molecule has 96 valence electrons. The molecule has 0 aliphatic carbocycles. The zero-order valence-electron chi connectivity index (χ0n) is 11.8. The molecule has 0 spiro atoms. The van der Waals surface area contributed by atoms with Crippen LogP contribution < -0.4 is 5.32 Å². The summed E-state index contributed by atoms with van der Waals surface area (Å²) in [6.07, 6.45) is 0. The molecule has 0 unspecified atom stereocenters. The van der Waals surface area contributed by atoms with Crippen LogP contribution in [0.5, 0.6) is 0 Å². The monoisotopic (exact) mass is 297 g/mol. The maximum absolute atomic E-state index is 3.71. The van der Waals surface area contributed by atoms with Crippen LogP contribution in [0.4, 0.5) is 0 Å². The minimum atomic E-state index is 0.160. The van der Waals surface area contributed by atoms with Crippen LogP contribution >= 0.6 is 15.9 Å². The number of rotatable bonds is 3. The van der Waals surface area contributed by atoms with Gasteiger partial charge in [-0.2, -0.15) is 0 Å². The molecule has 1 nitrogen and oxygen atoms in total. The fraction of sp³-hybridized carbons (Fsp3) is 0.600. The summed E-state index contributed by atoms with van der Waals surface area (Å²) >= 11 is 3.71. The average Bonchev–Trinajstić information content (AvgIpc) is 2.15. The summed E-state index contributed by atoms with van der Waals surface area (Å²) < 4.78 is 1.21. The first-order valence-corrected chi connectivity index (χ1v) is 6.93. The van der Waals surface area contributed by atoms with Crippen molar-refractivity contribution >= 4 is 15.9 Å². The van der Waals surface area contributed by atoms with Gasteiger partial charge < -0.3 is 5.32 Å². The van der Waals surface area contributed by atoms with E-state index in [0.29, 0.717) is 0 Å². The summed E-state index contributed by atoms with van der Waals surface area (Å²) in [7, 11) is 2.00. The molecule has 2 heteroatoms. The quantitative estimate of drug-likeness (QED) is 0.880. The summed E-state index contributed by atoms with van der Waals surface area (Å²) in [5, 5.41) is 3.26. The van der Waals surface area contributed by atoms with Crippen LogP contribution in [0.3, 0.4) is 0 Å². The van der Waals surface area contributed by atoms with Gasteiger partial charge in [0, 0.05) is 16.4 Å². The average molecular weight is 298 g/mol. The fourth-order valence-corrected chi connectivity index (χ4v) is 3.06. The van der Waals surface area contributed by atoms with Gasteiger partial charge in [0.15, 0.2) is 0 Å². The van der Waals surface area contributed by atoms with Crippen LogP contribution in [-0.4, -0.2) is 13.6 Å². The molecule has 0 fully saturated rings. The molecule has 0 atom stereocenters. The van der Waals surface area contributed by atoms with Crippen molar-refractivity contribution < 1.29 is 0 Å². The van der Waals surface area contributed by atoms with Crippen LogP contribution in [0, 0.1) is 0 Å². The van der Waals surface area contributed by atoms with Gasteiger partial charge >= 0.3 is 0 Å². The highest BCUT2D eigenvalue weighted by Gasteiger charge is 2.23. The van der Waals surface area contributed by atoms with Crippen LogP contribution in [0.25, 0.3) is 0 Å². The zero-order chi connectivity index (χ0) is 13.3. The second-order valence-electron chi connectivity index (χ2n) is 6.36. The predicted molar refractivity (Wildman–Crippen MR) is 79.8 cm³/mol. The molecule has 17 heavy (non-hydrogen) atoms. The van der Waals surface area contributed by atoms with E-state index in [9.17, 15) is 0 Å². The third kappa shape index (κ3) is 3.56. The highest BCUT2D eigenvalue weighted by atomic mass is 79.9. The molecule has 0 radical (unpaired) electrons. The van der Waals surface area contributed by atoms with E-state index in [1.54, 1.807) is 0 Å². The van der Waals surface area contributed by atoms with E-state index in [1.165, 1.54) is 15.6 Å².